The molecule has 0 saturated heterocycles. The molecule has 0 amide bonds. The molecule has 0 radical (unpaired) electrons. The molecule has 0 aromatic carbocycles. The number of carbonyl (C=O) groups is 1. The predicted octanol–water partition coefficient (Wildman–Crippen LogP) is 4.06. The van der Waals surface area contributed by atoms with Gasteiger partial charge in [0.05, 0.1) is 0 Å². The van der Waals surface area contributed by atoms with Crippen LogP contribution in [-0.2, 0) is 4.79 Å². The van der Waals surface area contributed by atoms with Crippen molar-refractivity contribution in [2.75, 3.05) is 0 Å². The predicted molar refractivity (Wildman–Crippen MR) is 69.6 cm³/mol. The second kappa shape index (κ2) is 3.83. The summed E-state index contributed by atoms with van der Waals surface area (Å²) in [6, 6.07) is 0. The zero-order valence-electron chi connectivity index (χ0n) is 11.5. The fraction of sp³-hybridized carbons (Fsp3) is 0.938. The number of rotatable bonds is 1. The maximum absolute atomic E-state index is 11.4. The summed E-state index contributed by atoms with van der Waals surface area (Å²) in [6.07, 6.45) is 7.07. The van der Waals surface area contributed by atoms with Gasteiger partial charge in [0.15, 0.2) is 0 Å². The van der Waals surface area contributed by atoms with Gasteiger partial charge in [0.2, 0.25) is 0 Å². The topological polar surface area (TPSA) is 17.1 Å². The number of Topliss-reactive ketones (excluding diaryl/α,β-unsaturated/α-hetero) is 1. The quantitative estimate of drug-likeness (QED) is 0.668. The molecule has 1 heteroatoms. The van der Waals surface area contributed by atoms with E-state index in [-0.39, 0.29) is 0 Å². The molecule has 2 bridgehead atoms. The van der Waals surface area contributed by atoms with Gasteiger partial charge in [0.1, 0.15) is 5.78 Å². The smallest absolute Gasteiger partial charge is 0.132 e. The molecule has 0 heterocycles. The SMILES string of the molecule is CC1C2CC(CC2C2CCC(=O)CC2)C1(C)C. The summed E-state index contributed by atoms with van der Waals surface area (Å²) < 4.78 is 0. The standard InChI is InChI=1S/C16H26O/c1-10-14-8-12(16(10,2)3)9-15(14)11-4-6-13(17)7-5-11/h10-12,14-15H,4-9H2,1-3H3. The summed E-state index contributed by atoms with van der Waals surface area (Å²) in [5, 5.41) is 0. The molecule has 0 aromatic heterocycles. The minimum Gasteiger partial charge on any atom is -0.300 e. The monoisotopic (exact) mass is 234 g/mol. The van der Waals surface area contributed by atoms with Gasteiger partial charge in [-0.3, -0.25) is 4.79 Å². The van der Waals surface area contributed by atoms with Crippen LogP contribution < -0.4 is 0 Å². The van der Waals surface area contributed by atoms with E-state index in [9.17, 15) is 4.79 Å². The number of fused-ring (bicyclic) bond motifs is 2. The van der Waals surface area contributed by atoms with Gasteiger partial charge in [-0.2, -0.15) is 0 Å². The van der Waals surface area contributed by atoms with Crippen LogP contribution in [0.5, 0.6) is 0 Å². The van der Waals surface area contributed by atoms with Crippen LogP contribution in [0.1, 0.15) is 59.3 Å². The second-order valence-electron chi connectivity index (χ2n) is 7.48. The Labute approximate surface area is 105 Å². The summed E-state index contributed by atoms with van der Waals surface area (Å²) in [5.74, 6) is 5.16. The molecular weight excluding hydrogens is 208 g/mol. The Morgan fingerprint density at radius 1 is 1.06 bits per heavy atom. The second-order valence-corrected chi connectivity index (χ2v) is 7.48. The van der Waals surface area contributed by atoms with Crippen LogP contribution in [0.15, 0.2) is 0 Å². The first kappa shape index (κ1) is 11.7. The van der Waals surface area contributed by atoms with Gasteiger partial charge in [-0.25, -0.2) is 0 Å². The van der Waals surface area contributed by atoms with Crippen molar-refractivity contribution in [1.82, 2.24) is 0 Å². The fourth-order valence-electron chi connectivity index (χ4n) is 5.14. The summed E-state index contributed by atoms with van der Waals surface area (Å²) in [4.78, 5) is 11.4. The van der Waals surface area contributed by atoms with E-state index >= 15 is 0 Å². The summed E-state index contributed by atoms with van der Waals surface area (Å²) in [7, 11) is 0. The van der Waals surface area contributed by atoms with E-state index < -0.39 is 0 Å². The van der Waals surface area contributed by atoms with Crippen molar-refractivity contribution in [2.45, 2.75) is 59.3 Å². The normalized spacial score (nSPS) is 45.5. The zero-order valence-corrected chi connectivity index (χ0v) is 11.5. The van der Waals surface area contributed by atoms with E-state index in [2.05, 4.69) is 20.8 Å². The van der Waals surface area contributed by atoms with Gasteiger partial charge in [-0.15, -0.1) is 0 Å². The first-order chi connectivity index (χ1) is 8.00. The van der Waals surface area contributed by atoms with Gasteiger partial charge in [-0.1, -0.05) is 20.8 Å². The maximum Gasteiger partial charge on any atom is 0.132 e. The molecule has 4 atom stereocenters. The zero-order chi connectivity index (χ0) is 12.2. The van der Waals surface area contributed by atoms with E-state index in [1.54, 1.807) is 0 Å². The lowest BCUT2D eigenvalue weighted by atomic mass is 9.62. The minimum absolute atomic E-state index is 0.512. The Morgan fingerprint density at radius 3 is 2.18 bits per heavy atom. The van der Waals surface area contributed by atoms with Crippen LogP contribution in [-0.4, -0.2) is 5.78 Å². The van der Waals surface area contributed by atoms with Crippen molar-refractivity contribution in [2.24, 2.45) is 35.0 Å². The van der Waals surface area contributed by atoms with Crippen molar-refractivity contribution in [3.63, 3.8) is 0 Å². The van der Waals surface area contributed by atoms with Crippen LogP contribution in [0.4, 0.5) is 0 Å². The number of hydrogen-bond donors (Lipinski definition) is 0. The van der Waals surface area contributed by atoms with E-state index in [1.165, 1.54) is 25.7 Å². The number of ketones is 1. The van der Waals surface area contributed by atoms with Crippen molar-refractivity contribution in [3.05, 3.63) is 0 Å². The van der Waals surface area contributed by atoms with Gasteiger partial charge < -0.3 is 0 Å². The number of hydrogen-bond acceptors (Lipinski definition) is 1. The first-order valence-electron chi connectivity index (χ1n) is 7.52. The third kappa shape index (κ3) is 1.69. The van der Waals surface area contributed by atoms with E-state index in [4.69, 9.17) is 0 Å². The molecule has 4 unspecified atom stereocenters. The molecule has 3 rings (SSSR count). The summed E-state index contributed by atoms with van der Waals surface area (Å²) in [5.41, 5.74) is 0.575. The van der Waals surface area contributed by atoms with Gasteiger partial charge in [0.25, 0.3) is 0 Å². The Hall–Kier alpha value is -0.330. The molecule has 0 spiro atoms. The molecule has 17 heavy (non-hydrogen) atoms. The van der Waals surface area contributed by atoms with Gasteiger partial charge >= 0.3 is 0 Å². The lowest BCUT2D eigenvalue weighted by Crippen LogP contribution is -2.36. The summed E-state index contributed by atoms with van der Waals surface area (Å²) in [6.45, 7) is 7.43. The Bertz CT molecular complexity index is 316. The van der Waals surface area contributed by atoms with E-state index in [0.29, 0.717) is 11.2 Å². The molecule has 3 aliphatic carbocycles. The first-order valence-corrected chi connectivity index (χ1v) is 7.52. The van der Waals surface area contributed by atoms with Gasteiger partial charge in [-0.05, 0) is 60.7 Å². The highest BCUT2D eigenvalue weighted by atomic mass is 16.1. The fourth-order valence-corrected chi connectivity index (χ4v) is 5.14. The van der Waals surface area contributed by atoms with Gasteiger partial charge in [0, 0.05) is 12.8 Å². The Morgan fingerprint density at radius 2 is 1.65 bits per heavy atom. The lowest BCUT2D eigenvalue weighted by molar-refractivity contribution is -0.121. The largest absolute Gasteiger partial charge is 0.300 e. The van der Waals surface area contributed by atoms with Crippen LogP contribution in [0.2, 0.25) is 0 Å². The molecule has 3 aliphatic rings. The average molecular weight is 234 g/mol. The van der Waals surface area contributed by atoms with E-state index in [0.717, 1.165) is 42.4 Å². The van der Waals surface area contributed by atoms with E-state index in [1.807, 2.05) is 0 Å². The number of carbonyl (C=O) groups excluding carboxylic acids is 1. The third-order valence-electron chi connectivity index (χ3n) is 6.72. The van der Waals surface area contributed by atoms with Crippen molar-refractivity contribution < 1.29 is 4.79 Å². The highest BCUT2D eigenvalue weighted by Crippen LogP contribution is 2.63. The lowest BCUT2D eigenvalue weighted by Gasteiger charge is -2.43. The molecule has 96 valence electrons. The molecule has 0 N–H and O–H groups in total. The Balaban J connectivity index is 1.70. The molecule has 3 fully saturated rings. The third-order valence-corrected chi connectivity index (χ3v) is 6.72. The molecule has 0 aliphatic heterocycles. The highest BCUT2D eigenvalue weighted by Gasteiger charge is 2.56. The summed E-state index contributed by atoms with van der Waals surface area (Å²) >= 11 is 0. The van der Waals surface area contributed by atoms with Crippen molar-refractivity contribution in [1.29, 1.82) is 0 Å². The Kier molecular flexibility index (Phi) is 2.65. The minimum atomic E-state index is 0.512. The molecule has 0 aromatic rings. The van der Waals surface area contributed by atoms with Crippen molar-refractivity contribution >= 4 is 5.78 Å². The van der Waals surface area contributed by atoms with Crippen LogP contribution in [0, 0.1) is 35.0 Å². The highest BCUT2D eigenvalue weighted by molar-refractivity contribution is 5.79. The van der Waals surface area contributed by atoms with Crippen LogP contribution in [0.25, 0.3) is 0 Å². The molecule has 3 saturated carbocycles. The average Bonchev–Trinajstić information content (AvgIpc) is 2.81. The van der Waals surface area contributed by atoms with Crippen molar-refractivity contribution in [3.8, 4) is 0 Å². The van der Waals surface area contributed by atoms with Crippen LogP contribution in [0.3, 0.4) is 0 Å². The maximum atomic E-state index is 11.4. The van der Waals surface area contributed by atoms with Crippen LogP contribution >= 0.6 is 0 Å². The molecule has 1 nitrogen and oxygen atoms in total. The molecular formula is C16H26O.